The molecule has 3 aromatic rings. The molecule has 3 rings (SSSR count). The lowest BCUT2D eigenvalue weighted by Crippen LogP contribution is -2.20. The van der Waals surface area contributed by atoms with Crippen LogP contribution in [0.2, 0.25) is 0 Å². The first-order valence-electron chi connectivity index (χ1n) is 8.92. The zero-order chi connectivity index (χ0) is 19.1. The van der Waals surface area contributed by atoms with Crippen LogP contribution in [0.3, 0.4) is 0 Å². The second kappa shape index (κ2) is 9.19. The average molecular weight is 379 g/mol. The maximum Gasteiger partial charge on any atom is 0.323 e. The quantitative estimate of drug-likeness (QED) is 0.559. The highest BCUT2D eigenvalue weighted by Crippen LogP contribution is 2.23. The number of hydrogen-bond donors (Lipinski definition) is 2. The predicted molar refractivity (Wildman–Crippen MR) is 112 cm³/mol. The van der Waals surface area contributed by atoms with Crippen molar-refractivity contribution in [1.29, 1.82) is 0 Å². The Morgan fingerprint density at radius 2 is 1.81 bits per heavy atom. The molecule has 27 heavy (non-hydrogen) atoms. The number of urea groups is 1. The number of benzene rings is 2. The fourth-order valence-electron chi connectivity index (χ4n) is 2.69. The second-order valence-electron chi connectivity index (χ2n) is 5.86. The fraction of sp³-hybridized carbons (Fsp3) is 0.190. The maximum atomic E-state index is 12.4. The van der Waals surface area contributed by atoms with Gasteiger partial charge in [-0.3, -0.25) is 0 Å². The lowest BCUT2D eigenvalue weighted by Gasteiger charge is -2.11. The van der Waals surface area contributed by atoms with Gasteiger partial charge in [-0.1, -0.05) is 44.2 Å². The van der Waals surface area contributed by atoms with Crippen molar-refractivity contribution in [3.8, 4) is 11.3 Å². The molecule has 2 amide bonds. The summed E-state index contributed by atoms with van der Waals surface area (Å²) in [5.74, 6) is 0.962. The first kappa shape index (κ1) is 18.9. The van der Waals surface area contributed by atoms with Crippen LogP contribution in [0.15, 0.2) is 65.7 Å². The lowest BCUT2D eigenvalue weighted by atomic mass is 10.1. The van der Waals surface area contributed by atoms with E-state index in [1.807, 2.05) is 60.7 Å². The molecule has 2 N–H and O–H groups in total. The number of nitrogens with zero attached hydrogens (tertiary/aromatic N) is 2. The van der Waals surface area contributed by atoms with Gasteiger partial charge in [0.1, 0.15) is 5.03 Å². The number of hydrogen-bond acceptors (Lipinski definition) is 4. The number of para-hydroxylation sites is 1. The van der Waals surface area contributed by atoms with Gasteiger partial charge in [-0.2, -0.15) is 0 Å². The minimum absolute atomic E-state index is 0.270. The Morgan fingerprint density at radius 1 is 0.963 bits per heavy atom. The largest absolute Gasteiger partial charge is 0.323 e. The molecular formula is C21H22N4OS. The van der Waals surface area contributed by atoms with Crippen LogP contribution in [-0.4, -0.2) is 22.0 Å². The first-order chi connectivity index (χ1) is 13.2. The van der Waals surface area contributed by atoms with Gasteiger partial charge in [0.05, 0.1) is 5.69 Å². The zero-order valence-corrected chi connectivity index (χ0v) is 16.2. The minimum Gasteiger partial charge on any atom is -0.308 e. The molecule has 138 valence electrons. The monoisotopic (exact) mass is 378 g/mol. The van der Waals surface area contributed by atoms with Crippen molar-refractivity contribution in [2.75, 3.05) is 16.4 Å². The summed E-state index contributed by atoms with van der Waals surface area (Å²) in [6.45, 7) is 4.15. The second-order valence-corrected chi connectivity index (χ2v) is 7.14. The van der Waals surface area contributed by atoms with E-state index in [0.717, 1.165) is 39.7 Å². The molecule has 0 atom stereocenters. The Labute approximate surface area is 163 Å². The van der Waals surface area contributed by atoms with E-state index in [9.17, 15) is 4.79 Å². The van der Waals surface area contributed by atoms with Crippen LogP contribution in [0.25, 0.3) is 11.3 Å². The number of aromatic nitrogens is 2. The summed E-state index contributed by atoms with van der Waals surface area (Å²) in [5.41, 5.74) is 4.30. The van der Waals surface area contributed by atoms with Gasteiger partial charge in [0.25, 0.3) is 0 Å². The number of rotatable bonds is 6. The molecule has 0 aliphatic carbocycles. The number of carbonyl (C=O) groups is 1. The Kier molecular flexibility index (Phi) is 6.44. The maximum absolute atomic E-state index is 12.4. The van der Waals surface area contributed by atoms with Crippen molar-refractivity contribution in [2.24, 2.45) is 0 Å². The van der Waals surface area contributed by atoms with Gasteiger partial charge in [-0.15, -0.1) is 22.0 Å². The van der Waals surface area contributed by atoms with Gasteiger partial charge in [-0.05, 0) is 48.1 Å². The van der Waals surface area contributed by atoms with Crippen LogP contribution in [0, 0.1) is 0 Å². The van der Waals surface area contributed by atoms with Crippen LogP contribution in [0.4, 0.5) is 16.2 Å². The van der Waals surface area contributed by atoms with Crippen molar-refractivity contribution in [2.45, 2.75) is 25.3 Å². The van der Waals surface area contributed by atoms with E-state index in [-0.39, 0.29) is 6.03 Å². The molecule has 0 aliphatic heterocycles. The Morgan fingerprint density at radius 3 is 2.56 bits per heavy atom. The van der Waals surface area contributed by atoms with Gasteiger partial charge >= 0.3 is 6.03 Å². The molecule has 0 fully saturated rings. The van der Waals surface area contributed by atoms with Gasteiger partial charge in [0, 0.05) is 16.9 Å². The summed E-state index contributed by atoms with van der Waals surface area (Å²) in [6, 6.07) is 19.0. The topological polar surface area (TPSA) is 66.9 Å². The van der Waals surface area contributed by atoms with E-state index in [0.29, 0.717) is 5.69 Å². The Bertz CT molecular complexity index is 912. The third kappa shape index (κ3) is 5.08. The third-order valence-electron chi connectivity index (χ3n) is 3.99. The molecule has 0 spiro atoms. The molecule has 0 aliphatic rings. The van der Waals surface area contributed by atoms with E-state index in [1.54, 1.807) is 11.8 Å². The van der Waals surface area contributed by atoms with Crippen molar-refractivity contribution in [3.05, 3.63) is 66.2 Å². The number of amides is 2. The molecule has 0 unspecified atom stereocenters. The van der Waals surface area contributed by atoms with Crippen LogP contribution >= 0.6 is 11.8 Å². The minimum atomic E-state index is -0.270. The predicted octanol–water partition coefficient (Wildman–Crippen LogP) is 5.46. The summed E-state index contributed by atoms with van der Waals surface area (Å²) < 4.78 is 0. The molecule has 0 bridgehead atoms. The van der Waals surface area contributed by atoms with Crippen LogP contribution < -0.4 is 10.6 Å². The molecule has 6 heteroatoms. The number of thioether (sulfide) groups is 1. The smallest absolute Gasteiger partial charge is 0.308 e. The van der Waals surface area contributed by atoms with Gasteiger partial charge in [0.2, 0.25) is 0 Å². The highest BCUT2D eigenvalue weighted by molar-refractivity contribution is 7.99. The number of nitrogens with one attached hydrogen (secondary N) is 2. The third-order valence-corrected chi connectivity index (χ3v) is 4.80. The van der Waals surface area contributed by atoms with Crippen LogP contribution in [0.1, 0.15) is 19.4 Å². The molecule has 0 saturated carbocycles. The molecule has 0 saturated heterocycles. The molecule has 2 aromatic carbocycles. The summed E-state index contributed by atoms with van der Waals surface area (Å²) in [4.78, 5) is 12.4. The zero-order valence-electron chi connectivity index (χ0n) is 15.4. The molecular weight excluding hydrogens is 356 g/mol. The van der Waals surface area contributed by atoms with Crippen molar-refractivity contribution >= 4 is 29.2 Å². The lowest BCUT2D eigenvalue weighted by molar-refractivity contribution is 0.262. The summed E-state index contributed by atoms with van der Waals surface area (Å²) in [6.07, 6.45) is 0.858. The van der Waals surface area contributed by atoms with Crippen LogP contribution in [0.5, 0.6) is 0 Å². The van der Waals surface area contributed by atoms with E-state index in [2.05, 4.69) is 34.7 Å². The first-order valence-corrected chi connectivity index (χ1v) is 9.91. The van der Waals surface area contributed by atoms with E-state index in [4.69, 9.17) is 0 Å². The van der Waals surface area contributed by atoms with E-state index >= 15 is 0 Å². The number of aryl methyl sites for hydroxylation is 1. The Hall–Kier alpha value is -2.86. The highest BCUT2D eigenvalue weighted by Gasteiger charge is 2.07. The van der Waals surface area contributed by atoms with Gasteiger partial charge < -0.3 is 10.6 Å². The molecule has 1 heterocycles. The van der Waals surface area contributed by atoms with E-state index < -0.39 is 0 Å². The Balaban J connectivity index is 1.71. The van der Waals surface area contributed by atoms with Crippen molar-refractivity contribution < 1.29 is 4.79 Å². The van der Waals surface area contributed by atoms with Crippen molar-refractivity contribution in [1.82, 2.24) is 10.2 Å². The normalized spacial score (nSPS) is 10.4. The standard InChI is InChI=1S/C21H22N4OS/c1-3-15-8-5-6-11-18(15)23-21(26)22-17-10-7-9-16(14-17)19-12-13-20(25-24-19)27-4-2/h5-14H,3-4H2,1-2H3,(H2,22,23,26). The molecule has 5 nitrogen and oxygen atoms in total. The molecule has 1 aromatic heterocycles. The van der Waals surface area contributed by atoms with Crippen molar-refractivity contribution in [3.63, 3.8) is 0 Å². The van der Waals surface area contributed by atoms with Gasteiger partial charge in [-0.25, -0.2) is 4.79 Å². The van der Waals surface area contributed by atoms with E-state index in [1.165, 1.54) is 0 Å². The summed E-state index contributed by atoms with van der Waals surface area (Å²) >= 11 is 1.66. The number of carbonyl (C=O) groups excluding carboxylic acids is 1. The number of anilines is 2. The summed E-state index contributed by atoms with van der Waals surface area (Å²) in [7, 11) is 0. The fourth-order valence-corrected chi connectivity index (χ4v) is 3.25. The SMILES string of the molecule is CCSc1ccc(-c2cccc(NC(=O)Nc3ccccc3CC)c2)nn1. The molecule has 0 radical (unpaired) electrons. The highest BCUT2D eigenvalue weighted by atomic mass is 32.2. The van der Waals surface area contributed by atoms with Gasteiger partial charge in [0.15, 0.2) is 0 Å². The average Bonchev–Trinajstić information content (AvgIpc) is 2.69. The van der Waals surface area contributed by atoms with Crippen LogP contribution in [-0.2, 0) is 6.42 Å². The summed E-state index contributed by atoms with van der Waals surface area (Å²) in [5, 5.41) is 15.2.